The zero-order chi connectivity index (χ0) is 14.0. The fraction of sp³-hybridized carbons (Fsp3) is 0.500. The zero-order valence-electron chi connectivity index (χ0n) is 11.0. The molecule has 5 heteroatoms. The number of ether oxygens (including phenoxy) is 2. The van der Waals surface area contributed by atoms with Crippen LogP contribution in [0.2, 0.25) is 0 Å². The Balaban J connectivity index is 2.62. The molecule has 1 aromatic rings. The van der Waals surface area contributed by atoms with Gasteiger partial charge in [-0.1, -0.05) is 6.42 Å². The molecule has 1 aliphatic rings. The number of hydrogen-bond acceptors (Lipinski definition) is 3. The van der Waals surface area contributed by atoms with Gasteiger partial charge in [-0.3, -0.25) is 4.79 Å². The molecule has 0 aromatic heterocycles. The highest BCUT2D eigenvalue weighted by molar-refractivity contribution is 5.84. The van der Waals surface area contributed by atoms with E-state index in [1.807, 2.05) is 0 Å². The summed E-state index contributed by atoms with van der Waals surface area (Å²) in [6.07, 6.45) is 1.93. The van der Waals surface area contributed by atoms with Crippen LogP contribution in [0.3, 0.4) is 0 Å². The third kappa shape index (κ3) is 2.18. The molecule has 0 aliphatic heterocycles. The van der Waals surface area contributed by atoms with Crippen molar-refractivity contribution in [1.29, 1.82) is 0 Å². The van der Waals surface area contributed by atoms with Gasteiger partial charge < -0.3 is 14.6 Å². The third-order valence-corrected chi connectivity index (χ3v) is 3.76. The van der Waals surface area contributed by atoms with E-state index in [9.17, 15) is 14.3 Å². The first-order valence-electron chi connectivity index (χ1n) is 6.14. The summed E-state index contributed by atoms with van der Waals surface area (Å²) >= 11 is 0. The van der Waals surface area contributed by atoms with E-state index in [1.54, 1.807) is 0 Å². The summed E-state index contributed by atoms with van der Waals surface area (Å²) in [6.45, 7) is 0.165. The Bertz CT molecular complexity index is 494. The number of carbonyl (C=O) groups is 1. The second-order valence-electron chi connectivity index (χ2n) is 4.82. The summed E-state index contributed by atoms with van der Waals surface area (Å²) in [5, 5.41) is 9.53. The Morgan fingerprint density at radius 1 is 1.42 bits per heavy atom. The molecule has 0 saturated heterocycles. The van der Waals surface area contributed by atoms with Gasteiger partial charge in [0.25, 0.3) is 0 Å². The van der Waals surface area contributed by atoms with Crippen LogP contribution in [0.1, 0.15) is 30.4 Å². The Morgan fingerprint density at radius 2 is 2.11 bits per heavy atom. The Hall–Kier alpha value is -1.62. The molecule has 0 bridgehead atoms. The molecule has 1 N–H and O–H groups in total. The molecule has 0 amide bonds. The normalized spacial score (nSPS) is 16.8. The maximum atomic E-state index is 13.5. The highest BCUT2D eigenvalue weighted by Crippen LogP contribution is 2.49. The van der Waals surface area contributed by atoms with Crippen molar-refractivity contribution < 1.29 is 23.8 Å². The van der Waals surface area contributed by atoms with Crippen LogP contribution >= 0.6 is 0 Å². The lowest BCUT2D eigenvalue weighted by Gasteiger charge is -2.40. The molecular formula is C14H17FO4. The van der Waals surface area contributed by atoms with Gasteiger partial charge in [-0.05, 0) is 24.5 Å². The smallest absolute Gasteiger partial charge is 0.314 e. The maximum Gasteiger partial charge on any atom is 0.314 e. The van der Waals surface area contributed by atoms with Crippen molar-refractivity contribution in [3.63, 3.8) is 0 Å². The summed E-state index contributed by atoms with van der Waals surface area (Å²) in [4.78, 5) is 11.6. The van der Waals surface area contributed by atoms with Gasteiger partial charge in [-0.15, -0.1) is 0 Å². The molecule has 4 nitrogen and oxygen atoms in total. The largest absolute Gasteiger partial charge is 0.496 e. The van der Waals surface area contributed by atoms with Gasteiger partial charge >= 0.3 is 5.97 Å². The standard InChI is InChI=1S/C14H17FO4/c1-18-8-9-6-10(15)7-11(19-2)12(9)14(13(16)17)4-3-5-14/h6-7H,3-5,8H2,1-2H3,(H,16,17). The topological polar surface area (TPSA) is 55.8 Å². The van der Waals surface area contributed by atoms with Crippen LogP contribution < -0.4 is 4.74 Å². The van der Waals surface area contributed by atoms with Crippen molar-refractivity contribution in [1.82, 2.24) is 0 Å². The highest BCUT2D eigenvalue weighted by Gasteiger charge is 2.49. The molecule has 1 saturated carbocycles. The number of carboxylic acid groups (broad SMARTS) is 1. The number of halogens is 1. The second-order valence-corrected chi connectivity index (χ2v) is 4.82. The molecule has 2 rings (SSSR count). The summed E-state index contributed by atoms with van der Waals surface area (Å²) in [7, 11) is 2.92. The fourth-order valence-corrected chi connectivity index (χ4v) is 2.71. The number of hydrogen-bond donors (Lipinski definition) is 1. The SMILES string of the molecule is COCc1cc(F)cc(OC)c1C1(C(=O)O)CCC1. The van der Waals surface area contributed by atoms with Crippen molar-refractivity contribution in [3.8, 4) is 5.75 Å². The minimum absolute atomic E-state index is 0.165. The average Bonchev–Trinajstić information content (AvgIpc) is 2.29. The summed E-state index contributed by atoms with van der Waals surface area (Å²) in [5.41, 5.74) is 0.130. The van der Waals surface area contributed by atoms with Crippen LogP contribution in [0.25, 0.3) is 0 Å². The molecule has 1 fully saturated rings. The molecule has 0 atom stereocenters. The van der Waals surface area contributed by atoms with E-state index in [0.717, 1.165) is 6.42 Å². The first kappa shape index (κ1) is 13.8. The van der Waals surface area contributed by atoms with Crippen LogP contribution in [-0.2, 0) is 21.6 Å². The predicted octanol–water partition coefficient (Wildman–Crippen LogP) is 2.49. The Kier molecular flexibility index (Phi) is 3.75. The van der Waals surface area contributed by atoms with E-state index in [2.05, 4.69) is 0 Å². The summed E-state index contributed by atoms with van der Waals surface area (Å²) in [6, 6.07) is 2.56. The van der Waals surface area contributed by atoms with Gasteiger partial charge in [0.1, 0.15) is 11.6 Å². The Labute approximate surface area is 111 Å². The molecule has 0 spiro atoms. The minimum atomic E-state index is -0.965. The van der Waals surface area contributed by atoms with Crippen molar-refractivity contribution in [2.24, 2.45) is 0 Å². The van der Waals surface area contributed by atoms with Crippen molar-refractivity contribution in [3.05, 3.63) is 29.1 Å². The number of benzene rings is 1. The van der Waals surface area contributed by atoms with Gasteiger partial charge in [-0.25, -0.2) is 4.39 Å². The molecule has 104 valence electrons. The highest BCUT2D eigenvalue weighted by atomic mass is 19.1. The molecule has 19 heavy (non-hydrogen) atoms. The maximum absolute atomic E-state index is 13.5. The second kappa shape index (κ2) is 5.17. The number of methoxy groups -OCH3 is 2. The molecule has 0 radical (unpaired) electrons. The van der Waals surface area contributed by atoms with Crippen molar-refractivity contribution >= 4 is 5.97 Å². The lowest BCUT2D eigenvalue weighted by molar-refractivity contribution is -0.147. The van der Waals surface area contributed by atoms with Gasteiger partial charge in [0, 0.05) is 18.7 Å². The first-order valence-corrected chi connectivity index (χ1v) is 6.14. The molecule has 1 aliphatic carbocycles. The summed E-state index contributed by atoms with van der Waals surface area (Å²) in [5.74, 6) is -1.05. The van der Waals surface area contributed by atoms with E-state index < -0.39 is 17.2 Å². The number of rotatable bonds is 5. The fourth-order valence-electron chi connectivity index (χ4n) is 2.71. The van der Waals surface area contributed by atoms with E-state index in [0.29, 0.717) is 24.0 Å². The third-order valence-electron chi connectivity index (χ3n) is 3.76. The first-order chi connectivity index (χ1) is 9.05. The van der Waals surface area contributed by atoms with Crippen LogP contribution in [0, 0.1) is 5.82 Å². The van der Waals surface area contributed by atoms with E-state index in [1.165, 1.54) is 26.4 Å². The van der Waals surface area contributed by atoms with Gasteiger partial charge in [-0.2, -0.15) is 0 Å². The molecule has 1 aromatic carbocycles. The number of aliphatic carboxylic acids is 1. The Morgan fingerprint density at radius 3 is 2.53 bits per heavy atom. The van der Waals surface area contributed by atoms with Gasteiger partial charge in [0.05, 0.1) is 19.1 Å². The monoisotopic (exact) mass is 268 g/mol. The lowest BCUT2D eigenvalue weighted by Crippen LogP contribution is -2.43. The molecule has 0 heterocycles. The molecular weight excluding hydrogens is 251 g/mol. The zero-order valence-corrected chi connectivity index (χ0v) is 11.0. The lowest BCUT2D eigenvalue weighted by atomic mass is 9.63. The van der Waals surface area contributed by atoms with Crippen LogP contribution in [-0.4, -0.2) is 25.3 Å². The van der Waals surface area contributed by atoms with E-state index >= 15 is 0 Å². The predicted molar refractivity (Wildman–Crippen MR) is 66.8 cm³/mol. The average molecular weight is 268 g/mol. The van der Waals surface area contributed by atoms with Crippen molar-refractivity contribution in [2.45, 2.75) is 31.3 Å². The number of carboxylic acids is 1. The van der Waals surface area contributed by atoms with E-state index in [4.69, 9.17) is 9.47 Å². The van der Waals surface area contributed by atoms with Gasteiger partial charge in [0.15, 0.2) is 0 Å². The van der Waals surface area contributed by atoms with Crippen LogP contribution in [0.4, 0.5) is 4.39 Å². The quantitative estimate of drug-likeness (QED) is 0.891. The van der Waals surface area contributed by atoms with Crippen molar-refractivity contribution in [2.75, 3.05) is 14.2 Å². The van der Waals surface area contributed by atoms with Gasteiger partial charge in [0.2, 0.25) is 0 Å². The minimum Gasteiger partial charge on any atom is -0.496 e. The van der Waals surface area contributed by atoms with Crippen LogP contribution in [0.5, 0.6) is 5.75 Å². The summed E-state index contributed by atoms with van der Waals surface area (Å²) < 4.78 is 23.8. The van der Waals surface area contributed by atoms with E-state index in [-0.39, 0.29) is 12.4 Å². The van der Waals surface area contributed by atoms with Crippen LogP contribution in [0.15, 0.2) is 12.1 Å². The molecule has 0 unspecified atom stereocenters.